The molecule has 2 bridgehead atoms. The van der Waals surface area contributed by atoms with Crippen LogP contribution in [0.25, 0.3) is 0 Å². The number of ether oxygens (including phenoxy) is 3. The smallest absolute Gasteiger partial charge is 0.258 e. The van der Waals surface area contributed by atoms with Crippen LogP contribution in [-0.4, -0.2) is 87.6 Å². The molecule has 0 spiro atoms. The standard InChI is InChI=1S/C32H44N4O6/c1-22-32(39)35(2)14-5-6-15-36(20-26-17-23-9-7-10-24(23)18-28(26)40-3)16-8-13-33-31(38)25-11-12-27(29(19-25)41-4)42-21-30(37)34-22/h11-12,17-19,22H,5-10,13-16,20-21H2,1-4H3,(H,33,38)(H,34,37)/t22-/m0/s1. The predicted octanol–water partition coefficient (Wildman–Crippen LogP) is 2.95. The zero-order valence-electron chi connectivity index (χ0n) is 25.3. The van der Waals surface area contributed by atoms with Gasteiger partial charge in [0.1, 0.15) is 11.8 Å². The molecule has 1 atom stereocenters. The van der Waals surface area contributed by atoms with Crippen molar-refractivity contribution in [3.8, 4) is 17.2 Å². The highest BCUT2D eigenvalue weighted by Crippen LogP contribution is 2.31. The van der Waals surface area contributed by atoms with Crippen LogP contribution in [0.3, 0.4) is 0 Å². The number of methoxy groups -OCH3 is 2. The third kappa shape index (κ3) is 8.15. The van der Waals surface area contributed by atoms with E-state index in [1.165, 1.54) is 30.2 Å². The number of fused-ring (bicyclic) bond motifs is 19. The quantitative estimate of drug-likeness (QED) is 0.536. The van der Waals surface area contributed by atoms with E-state index < -0.39 is 11.9 Å². The van der Waals surface area contributed by atoms with Crippen molar-refractivity contribution in [2.45, 2.75) is 58.0 Å². The highest BCUT2D eigenvalue weighted by atomic mass is 16.5. The molecule has 3 aliphatic rings. The first-order chi connectivity index (χ1) is 20.3. The average molecular weight is 581 g/mol. The zero-order chi connectivity index (χ0) is 30.1. The van der Waals surface area contributed by atoms with Gasteiger partial charge in [-0.3, -0.25) is 19.3 Å². The molecule has 0 radical (unpaired) electrons. The van der Waals surface area contributed by atoms with Crippen molar-refractivity contribution in [1.29, 1.82) is 0 Å². The van der Waals surface area contributed by atoms with E-state index in [1.807, 2.05) is 0 Å². The second-order valence-electron chi connectivity index (χ2n) is 11.1. The zero-order valence-corrected chi connectivity index (χ0v) is 25.3. The number of carbonyl (C=O) groups excluding carboxylic acids is 3. The summed E-state index contributed by atoms with van der Waals surface area (Å²) in [5.74, 6) is 0.834. The van der Waals surface area contributed by atoms with Gasteiger partial charge in [0.05, 0.1) is 14.2 Å². The number of carbonyl (C=O) groups is 3. The highest BCUT2D eigenvalue weighted by Gasteiger charge is 2.21. The maximum atomic E-state index is 12.9. The van der Waals surface area contributed by atoms with Gasteiger partial charge in [-0.1, -0.05) is 6.07 Å². The van der Waals surface area contributed by atoms with Gasteiger partial charge in [0.25, 0.3) is 11.8 Å². The van der Waals surface area contributed by atoms with E-state index in [0.29, 0.717) is 30.2 Å². The van der Waals surface area contributed by atoms with Crippen LogP contribution in [0.5, 0.6) is 17.2 Å². The number of aryl methyl sites for hydroxylation is 2. The topological polar surface area (TPSA) is 109 Å². The van der Waals surface area contributed by atoms with Crippen molar-refractivity contribution in [2.24, 2.45) is 0 Å². The summed E-state index contributed by atoms with van der Waals surface area (Å²) in [6.45, 7) is 4.89. The van der Waals surface area contributed by atoms with Crippen LogP contribution >= 0.6 is 0 Å². The first kappa shape index (κ1) is 31.2. The molecule has 2 heterocycles. The molecule has 0 fully saturated rings. The fourth-order valence-electron chi connectivity index (χ4n) is 5.62. The molecule has 10 heteroatoms. The molecule has 2 aliphatic heterocycles. The van der Waals surface area contributed by atoms with Gasteiger partial charge in [0.15, 0.2) is 18.1 Å². The van der Waals surface area contributed by atoms with Gasteiger partial charge in [0.2, 0.25) is 5.91 Å². The minimum atomic E-state index is -0.683. The van der Waals surface area contributed by atoms with E-state index in [9.17, 15) is 14.4 Å². The molecular formula is C32H44N4O6. The van der Waals surface area contributed by atoms with Crippen molar-refractivity contribution in [3.05, 3.63) is 52.6 Å². The number of nitrogens with one attached hydrogen (secondary N) is 2. The Balaban J connectivity index is 1.49. The van der Waals surface area contributed by atoms with E-state index in [2.05, 4.69) is 27.7 Å². The van der Waals surface area contributed by atoms with Gasteiger partial charge in [-0.2, -0.15) is 0 Å². The van der Waals surface area contributed by atoms with Gasteiger partial charge in [-0.05, 0) is 87.4 Å². The molecule has 2 N–H and O–H groups in total. The Hall–Kier alpha value is -3.79. The molecule has 0 aromatic heterocycles. The normalized spacial score (nSPS) is 19.8. The Labute approximate surface area is 248 Å². The number of nitrogens with zero attached hydrogens (tertiary/aromatic N) is 2. The molecular weight excluding hydrogens is 536 g/mol. The van der Waals surface area contributed by atoms with Crippen molar-refractivity contribution >= 4 is 17.7 Å². The minimum absolute atomic E-state index is 0.152. The van der Waals surface area contributed by atoms with Gasteiger partial charge >= 0.3 is 0 Å². The Morgan fingerprint density at radius 1 is 0.905 bits per heavy atom. The maximum absolute atomic E-state index is 12.9. The summed E-state index contributed by atoms with van der Waals surface area (Å²) in [6, 6.07) is 8.65. The van der Waals surface area contributed by atoms with E-state index in [0.717, 1.165) is 57.5 Å². The van der Waals surface area contributed by atoms with Crippen molar-refractivity contribution in [1.82, 2.24) is 20.4 Å². The Bertz CT molecular complexity index is 1270. The first-order valence-corrected chi connectivity index (χ1v) is 14.8. The number of hydrogen-bond acceptors (Lipinski definition) is 7. The lowest BCUT2D eigenvalue weighted by Gasteiger charge is -2.25. The highest BCUT2D eigenvalue weighted by molar-refractivity contribution is 5.95. The lowest BCUT2D eigenvalue weighted by molar-refractivity contribution is -0.135. The van der Waals surface area contributed by atoms with Crippen LogP contribution in [0, 0.1) is 0 Å². The molecule has 2 aromatic carbocycles. The van der Waals surface area contributed by atoms with Crippen LogP contribution in [0.1, 0.15) is 59.7 Å². The molecule has 0 unspecified atom stereocenters. The molecule has 42 heavy (non-hydrogen) atoms. The number of benzene rings is 2. The third-order valence-electron chi connectivity index (χ3n) is 7.95. The lowest BCUT2D eigenvalue weighted by atomic mass is 10.0. The van der Waals surface area contributed by atoms with E-state index in [-0.39, 0.29) is 18.4 Å². The molecule has 0 saturated heterocycles. The molecule has 3 amide bonds. The summed E-state index contributed by atoms with van der Waals surface area (Å²) in [7, 11) is 4.97. The molecule has 0 saturated carbocycles. The number of hydrogen-bond donors (Lipinski definition) is 2. The van der Waals surface area contributed by atoms with Crippen LogP contribution in [-0.2, 0) is 29.0 Å². The summed E-state index contributed by atoms with van der Waals surface area (Å²) in [6.07, 6.45) is 5.90. The Kier molecular flexibility index (Phi) is 11.1. The summed E-state index contributed by atoms with van der Waals surface area (Å²) >= 11 is 0. The van der Waals surface area contributed by atoms with Crippen LogP contribution < -0.4 is 24.8 Å². The van der Waals surface area contributed by atoms with Gasteiger partial charge in [-0.25, -0.2) is 0 Å². The van der Waals surface area contributed by atoms with Crippen molar-refractivity contribution in [3.63, 3.8) is 0 Å². The van der Waals surface area contributed by atoms with E-state index >= 15 is 0 Å². The Morgan fingerprint density at radius 3 is 2.38 bits per heavy atom. The fourth-order valence-corrected chi connectivity index (χ4v) is 5.62. The molecule has 1 aliphatic carbocycles. The van der Waals surface area contributed by atoms with Crippen LogP contribution in [0.2, 0.25) is 0 Å². The lowest BCUT2D eigenvalue weighted by Crippen LogP contribution is -2.47. The van der Waals surface area contributed by atoms with Crippen LogP contribution in [0.15, 0.2) is 30.3 Å². The van der Waals surface area contributed by atoms with Gasteiger partial charge in [0, 0.05) is 44.4 Å². The molecule has 10 nitrogen and oxygen atoms in total. The largest absolute Gasteiger partial charge is 0.496 e. The fraction of sp³-hybridized carbons (Fsp3) is 0.531. The summed E-state index contributed by atoms with van der Waals surface area (Å²) in [4.78, 5) is 42.3. The van der Waals surface area contributed by atoms with Gasteiger partial charge in [-0.15, -0.1) is 0 Å². The third-order valence-corrected chi connectivity index (χ3v) is 7.95. The SMILES string of the molecule is COc1cc2c(cc1CN1CCCCN(C)C(=O)[C@H](C)NC(=O)COc3ccc(cc3OC)C(=O)NCCC1)CCC2. The van der Waals surface area contributed by atoms with Crippen LogP contribution in [0.4, 0.5) is 0 Å². The summed E-state index contributed by atoms with van der Waals surface area (Å²) < 4.78 is 16.8. The Morgan fingerprint density at radius 2 is 1.62 bits per heavy atom. The second kappa shape index (κ2) is 14.9. The van der Waals surface area contributed by atoms with Gasteiger partial charge < -0.3 is 29.7 Å². The average Bonchev–Trinajstić information content (AvgIpc) is 3.45. The number of amides is 3. The summed E-state index contributed by atoms with van der Waals surface area (Å²) in [5.41, 5.74) is 4.42. The summed E-state index contributed by atoms with van der Waals surface area (Å²) in [5, 5.41) is 5.72. The number of likely N-dealkylation sites (N-methyl/N-ethyl adjacent to an activating group) is 1. The maximum Gasteiger partial charge on any atom is 0.258 e. The van der Waals surface area contributed by atoms with Crippen molar-refractivity contribution in [2.75, 3.05) is 54.1 Å². The van der Waals surface area contributed by atoms with Crippen molar-refractivity contribution < 1.29 is 28.6 Å². The van der Waals surface area contributed by atoms with E-state index in [1.54, 1.807) is 44.2 Å². The predicted molar refractivity (Wildman–Crippen MR) is 160 cm³/mol. The molecule has 5 rings (SSSR count). The minimum Gasteiger partial charge on any atom is -0.496 e. The monoisotopic (exact) mass is 580 g/mol. The van der Waals surface area contributed by atoms with E-state index in [4.69, 9.17) is 14.2 Å². The molecule has 228 valence electrons. The number of rotatable bonds is 4. The second-order valence-corrected chi connectivity index (χ2v) is 11.1. The molecule has 2 aromatic rings. The first-order valence-electron chi connectivity index (χ1n) is 14.8.